The number of halogens is 1. The second kappa shape index (κ2) is 6.26. The van der Waals surface area contributed by atoms with E-state index in [1.807, 2.05) is 31.1 Å². The molecule has 0 radical (unpaired) electrons. The molecule has 0 bridgehead atoms. The van der Waals surface area contributed by atoms with Crippen LogP contribution in [0.1, 0.15) is 17.4 Å². The zero-order valence-corrected chi connectivity index (χ0v) is 14.3. The fourth-order valence-electron chi connectivity index (χ4n) is 3.02. The third-order valence-corrected chi connectivity index (χ3v) is 4.14. The van der Waals surface area contributed by atoms with Crippen molar-refractivity contribution in [3.8, 4) is 0 Å². The van der Waals surface area contributed by atoms with Crippen molar-refractivity contribution in [2.75, 3.05) is 16.8 Å². The minimum Gasteiger partial charge on any atom is -0.388 e. The lowest BCUT2D eigenvalue weighted by atomic mass is 10.1. The molecule has 2 aromatic heterocycles. The number of aliphatic hydroxyl groups is 1. The Kier molecular flexibility index (Phi) is 3.92. The quantitative estimate of drug-likeness (QED) is 0.667. The summed E-state index contributed by atoms with van der Waals surface area (Å²) in [5.41, 5.74) is 2.44. The third-order valence-electron chi connectivity index (χ3n) is 4.14. The Bertz CT molecular complexity index is 960. The van der Waals surface area contributed by atoms with Crippen LogP contribution in [0.25, 0.3) is 0 Å². The van der Waals surface area contributed by atoms with Gasteiger partial charge in [-0.15, -0.1) is 0 Å². The molecule has 0 fully saturated rings. The monoisotopic (exact) mass is 355 g/mol. The first kappa shape index (κ1) is 16.3. The predicted octanol–water partition coefficient (Wildman–Crippen LogP) is 2.24. The summed E-state index contributed by atoms with van der Waals surface area (Å²) in [6, 6.07) is 7.92. The van der Waals surface area contributed by atoms with Gasteiger partial charge < -0.3 is 15.3 Å². The molecule has 0 saturated carbocycles. The van der Waals surface area contributed by atoms with Gasteiger partial charge in [-0.25, -0.2) is 9.38 Å². The fraction of sp³-hybridized carbons (Fsp3) is 0.235. The van der Waals surface area contributed by atoms with E-state index in [-0.39, 0.29) is 12.4 Å². The molecule has 0 unspecified atom stereocenters. The van der Waals surface area contributed by atoms with Crippen molar-refractivity contribution in [1.29, 1.82) is 0 Å². The molecule has 3 aromatic rings. The Morgan fingerprint density at radius 1 is 1.31 bits per heavy atom. The lowest BCUT2D eigenvalue weighted by Gasteiger charge is -2.36. The first-order valence-corrected chi connectivity index (χ1v) is 8.10. The minimum absolute atomic E-state index is 0.287. The van der Waals surface area contributed by atoms with Crippen LogP contribution < -0.4 is 10.2 Å². The normalized spacial score (nSPS) is 16.4. The van der Waals surface area contributed by atoms with E-state index in [2.05, 4.69) is 25.6 Å². The Morgan fingerprint density at radius 2 is 2.08 bits per heavy atom. The first-order valence-electron chi connectivity index (χ1n) is 8.10. The van der Waals surface area contributed by atoms with Crippen LogP contribution in [0, 0.1) is 12.7 Å². The van der Waals surface area contributed by atoms with Crippen LogP contribution >= 0.6 is 0 Å². The van der Waals surface area contributed by atoms with Crippen LogP contribution in [0.15, 0.2) is 41.5 Å². The number of aliphatic hydroxyl groups excluding tert-OH is 1. The molecular formula is C17H18FN7O. The molecule has 0 saturated heterocycles. The maximum absolute atomic E-state index is 13.4. The summed E-state index contributed by atoms with van der Waals surface area (Å²) in [4.78, 5) is 6.27. The molecule has 26 heavy (non-hydrogen) atoms. The average molecular weight is 355 g/mol. The highest BCUT2D eigenvalue weighted by atomic mass is 19.1. The number of nitrogens with one attached hydrogen (secondary N) is 2. The van der Waals surface area contributed by atoms with E-state index >= 15 is 0 Å². The summed E-state index contributed by atoms with van der Waals surface area (Å²) in [7, 11) is 1.81. The van der Waals surface area contributed by atoms with Crippen LogP contribution in [0.5, 0.6) is 0 Å². The van der Waals surface area contributed by atoms with Crippen LogP contribution in [-0.2, 0) is 7.05 Å². The zero-order valence-electron chi connectivity index (χ0n) is 14.3. The van der Waals surface area contributed by atoms with Crippen molar-refractivity contribution in [1.82, 2.24) is 20.0 Å². The molecule has 4 rings (SSSR count). The first-order chi connectivity index (χ1) is 12.5. The van der Waals surface area contributed by atoms with E-state index in [0.717, 1.165) is 11.3 Å². The maximum Gasteiger partial charge on any atom is 0.182 e. The molecule has 3 N–H and O–H groups in total. The molecule has 1 aliphatic rings. The molecule has 3 heterocycles. The summed E-state index contributed by atoms with van der Waals surface area (Å²) in [6.07, 6.45) is 1.45. The summed E-state index contributed by atoms with van der Waals surface area (Å²) < 4.78 is 15.0. The molecule has 1 atom stereocenters. The number of benzene rings is 1. The third kappa shape index (κ3) is 2.82. The number of aromatic amines is 1. The van der Waals surface area contributed by atoms with Gasteiger partial charge in [0.05, 0.1) is 5.56 Å². The van der Waals surface area contributed by atoms with E-state index < -0.39 is 6.17 Å². The van der Waals surface area contributed by atoms with Crippen molar-refractivity contribution in [2.24, 2.45) is 12.0 Å². The molecule has 8 nitrogen and oxygen atoms in total. The molecule has 0 aliphatic carbocycles. The van der Waals surface area contributed by atoms with Gasteiger partial charge in [-0.05, 0) is 31.2 Å². The highest BCUT2D eigenvalue weighted by Crippen LogP contribution is 2.37. The topological polar surface area (TPSA) is 94.4 Å². The van der Waals surface area contributed by atoms with Crippen molar-refractivity contribution in [3.05, 3.63) is 53.6 Å². The Balaban J connectivity index is 1.82. The number of H-pyrrole nitrogens is 1. The molecular weight excluding hydrogens is 337 g/mol. The van der Waals surface area contributed by atoms with E-state index in [0.29, 0.717) is 23.2 Å². The summed E-state index contributed by atoms with van der Waals surface area (Å²) in [5, 5.41) is 24.7. The summed E-state index contributed by atoms with van der Waals surface area (Å²) in [5.74, 6) is 1.25. The van der Waals surface area contributed by atoms with Crippen molar-refractivity contribution in [2.45, 2.75) is 13.1 Å². The van der Waals surface area contributed by atoms with Crippen molar-refractivity contribution < 1.29 is 9.50 Å². The fourth-order valence-corrected chi connectivity index (χ4v) is 3.02. The largest absolute Gasteiger partial charge is 0.388 e. The minimum atomic E-state index is -0.411. The number of hydrogen-bond donors (Lipinski definition) is 3. The van der Waals surface area contributed by atoms with Gasteiger partial charge in [0.1, 0.15) is 30.2 Å². The van der Waals surface area contributed by atoms with E-state index in [4.69, 9.17) is 0 Å². The van der Waals surface area contributed by atoms with Gasteiger partial charge in [-0.1, -0.05) is 0 Å². The highest BCUT2D eigenvalue weighted by Gasteiger charge is 2.33. The van der Waals surface area contributed by atoms with Crippen molar-refractivity contribution >= 4 is 23.2 Å². The Labute approximate surface area is 149 Å². The number of aryl methyl sites for hydroxylation is 2. The van der Waals surface area contributed by atoms with Crippen LogP contribution in [-0.4, -0.2) is 37.5 Å². The SMILES string of the molecule is Cc1cc(N[C@H]2c3cn(C)nc3N=C(CO)N2c2ccc(F)cc2)n[nH]1. The summed E-state index contributed by atoms with van der Waals surface area (Å²) in [6.45, 7) is 1.62. The molecule has 9 heteroatoms. The van der Waals surface area contributed by atoms with Gasteiger partial charge >= 0.3 is 0 Å². The molecule has 0 spiro atoms. The number of aromatic nitrogens is 4. The lowest BCUT2D eigenvalue weighted by Crippen LogP contribution is -2.42. The van der Waals surface area contributed by atoms with Gasteiger partial charge in [0.25, 0.3) is 0 Å². The molecule has 1 aliphatic heterocycles. The number of anilines is 2. The van der Waals surface area contributed by atoms with Gasteiger partial charge in [-0.3, -0.25) is 9.78 Å². The van der Waals surface area contributed by atoms with E-state index in [1.165, 1.54) is 12.1 Å². The Morgan fingerprint density at radius 3 is 2.73 bits per heavy atom. The van der Waals surface area contributed by atoms with Gasteiger partial charge in [0.15, 0.2) is 5.82 Å². The van der Waals surface area contributed by atoms with E-state index in [9.17, 15) is 9.50 Å². The number of hydrogen-bond acceptors (Lipinski definition) is 6. The molecule has 134 valence electrons. The van der Waals surface area contributed by atoms with Crippen LogP contribution in [0.4, 0.5) is 21.7 Å². The van der Waals surface area contributed by atoms with Crippen LogP contribution in [0.2, 0.25) is 0 Å². The van der Waals surface area contributed by atoms with Gasteiger partial charge in [-0.2, -0.15) is 10.2 Å². The number of rotatable bonds is 4. The van der Waals surface area contributed by atoms with Gasteiger partial charge in [0, 0.05) is 30.7 Å². The number of nitrogens with zero attached hydrogens (tertiary/aromatic N) is 5. The number of fused-ring (bicyclic) bond motifs is 1. The van der Waals surface area contributed by atoms with E-state index in [1.54, 1.807) is 16.8 Å². The molecule has 0 amide bonds. The smallest absolute Gasteiger partial charge is 0.182 e. The lowest BCUT2D eigenvalue weighted by molar-refractivity contribution is 0.353. The highest BCUT2D eigenvalue weighted by molar-refractivity contribution is 6.02. The van der Waals surface area contributed by atoms with Crippen LogP contribution in [0.3, 0.4) is 0 Å². The Hall–Kier alpha value is -3.20. The van der Waals surface area contributed by atoms with Gasteiger partial charge in [0.2, 0.25) is 0 Å². The second-order valence-electron chi connectivity index (χ2n) is 6.10. The summed E-state index contributed by atoms with van der Waals surface area (Å²) >= 11 is 0. The molecule has 1 aromatic carbocycles. The standard InChI is InChI=1S/C17H18FN7O/c1-10-7-14(22-21-10)19-17-13-8-24(2)23-16(13)20-15(9-26)25(17)12-5-3-11(18)4-6-12/h3-8,17,26H,9H2,1-2H3,(H2,19,21,22)/t17-/m1/s1. The second-order valence-corrected chi connectivity index (χ2v) is 6.10. The maximum atomic E-state index is 13.4. The number of aliphatic imine (C=N–C) groups is 1. The average Bonchev–Trinajstić information content (AvgIpc) is 3.20. The predicted molar refractivity (Wildman–Crippen MR) is 96.0 cm³/mol. The van der Waals surface area contributed by atoms with Crippen molar-refractivity contribution in [3.63, 3.8) is 0 Å². The zero-order chi connectivity index (χ0) is 18.3. The number of amidine groups is 1.